The van der Waals surface area contributed by atoms with Gasteiger partial charge in [-0.1, -0.05) is 53.0 Å². The molecule has 0 spiro atoms. The first-order valence-corrected chi connectivity index (χ1v) is 10.4. The highest BCUT2D eigenvalue weighted by atomic mass is 35.6. The molecule has 26 heavy (non-hydrogen) atoms. The summed E-state index contributed by atoms with van der Waals surface area (Å²) in [5, 5.41) is 2.77. The van der Waals surface area contributed by atoms with Gasteiger partial charge in [-0.15, -0.1) is 0 Å². The van der Waals surface area contributed by atoms with Crippen LogP contribution in [0.4, 0.5) is 4.39 Å². The van der Waals surface area contributed by atoms with Gasteiger partial charge < -0.3 is 9.84 Å². The Morgan fingerprint density at radius 1 is 1.15 bits per heavy atom. The quantitative estimate of drug-likeness (QED) is 0.516. The fraction of sp³-hybridized carbons (Fsp3) is 0.235. The van der Waals surface area contributed by atoms with E-state index in [-0.39, 0.29) is 12.2 Å². The number of carbonyl (C=O) groups is 1. The molecular weight excluding hydrogens is 423 g/mol. The van der Waals surface area contributed by atoms with E-state index >= 15 is 0 Å². The van der Waals surface area contributed by atoms with Gasteiger partial charge in [-0.3, -0.25) is 9.36 Å². The number of nitrogens with one attached hydrogen (secondary N) is 1. The van der Waals surface area contributed by atoms with Gasteiger partial charge in [0.25, 0.3) is 13.3 Å². The van der Waals surface area contributed by atoms with Crippen LogP contribution in [0.3, 0.4) is 0 Å². The Morgan fingerprint density at radius 3 is 2.23 bits per heavy atom. The Hall–Kier alpha value is -1.10. The summed E-state index contributed by atoms with van der Waals surface area (Å²) < 4.78 is 30.1. The summed E-state index contributed by atoms with van der Waals surface area (Å²) in [6.45, 7) is 1.72. The molecule has 9 heteroatoms. The molecule has 0 aromatic heterocycles. The average molecular weight is 439 g/mol. The third-order valence-corrected chi connectivity index (χ3v) is 7.43. The smallest absolute Gasteiger partial charge is 0.258 e. The first-order chi connectivity index (χ1) is 12.2. The molecule has 1 amide bonds. The van der Waals surface area contributed by atoms with E-state index in [9.17, 15) is 13.8 Å². The molecule has 2 aromatic rings. The number of carbonyl (C=O) groups excluding carboxylic acids is 1. The van der Waals surface area contributed by atoms with Gasteiger partial charge in [0.05, 0.1) is 6.61 Å². The molecule has 0 radical (unpaired) electrons. The van der Waals surface area contributed by atoms with Crippen LogP contribution < -0.4 is 10.6 Å². The van der Waals surface area contributed by atoms with Crippen LogP contribution in [0.5, 0.6) is 0 Å². The molecule has 0 bridgehead atoms. The minimum absolute atomic E-state index is 0.0792. The number of hydrogen-bond acceptors (Lipinski definition) is 3. The van der Waals surface area contributed by atoms with Gasteiger partial charge in [-0.25, -0.2) is 4.39 Å². The van der Waals surface area contributed by atoms with Gasteiger partial charge in [-0.2, -0.15) is 0 Å². The molecule has 0 aliphatic rings. The van der Waals surface area contributed by atoms with Crippen LogP contribution in [-0.2, 0) is 9.09 Å². The lowest BCUT2D eigenvalue weighted by atomic mass is 10.2. The van der Waals surface area contributed by atoms with E-state index in [1.54, 1.807) is 37.3 Å². The number of rotatable bonds is 6. The van der Waals surface area contributed by atoms with Crippen LogP contribution in [0.1, 0.15) is 17.3 Å². The fourth-order valence-corrected chi connectivity index (χ4v) is 5.85. The maximum atomic E-state index is 13.6. The van der Waals surface area contributed by atoms with Gasteiger partial charge in [0, 0.05) is 10.9 Å². The molecule has 0 fully saturated rings. The van der Waals surface area contributed by atoms with E-state index in [4.69, 9.17) is 39.3 Å². The standard InChI is InChI=1S/C17H16Cl3FNO3P/c1-2-25-26(24,14-6-4-3-5-7-14)16(17(18,19)20)22-15(23)12-8-10-13(21)11-9-12/h3-11,16H,2H2,1H3,(H,22,23). The normalized spacial score (nSPS) is 15.1. The SMILES string of the molecule is CCOP(=O)(c1ccccc1)C(NC(=O)c1ccc(F)cc1)C(Cl)(Cl)Cl. The summed E-state index contributed by atoms with van der Waals surface area (Å²) in [6.07, 6.45) is 0. The summed E-state index contributed by atoms with van der Waals surface area (Å²) in [4.78, 5) is 12.5. The molecule has 2 aromatic carbocycles. The second-order valence-corrected chi connectivity index (χ2v) is 10.1. The van der Waals surface area contributed by atoms with Crippen molar-refractivity contribution in [2.45, 2.75) is 16.5 Å². The molecule has 140 valence electrons. The van der Waals surface area contributed by atoms with Gasteiger partial charge in [0.2, 0.25) is 3.79 Å². The number of halogens is 4. The zero-order chi connectivity index (χ0) is 19.4. The van der Waals surface area contributed by atoms with Crippen molar-refractivity contribution in [3.05, 3.63) is 66.0 Å². The largest absolute Gasteiger partial charge is 0.336 e. The molecule has 4 nitrogen and oxygen atoms in total. The molecule has 2 rings (SSSR count). The Balaban J connectivity index is 2.43. The van der Waals surface area contributed by atoms with E-state index < -0.39 is 28.7 Å². The lowest BCUT2D eigenvalue weighted by molar-refractivity contribution is 0.0945. The van der Waals surface area contributed by atoms with Gasteiger partial charge in [-0.05, 0) is 43.3 Å². The number of amides is 1. The van der Waals surface area contributed by atoms with Crippen LogP contribution in [0, 0.1) is 5.82 Å². The topological polar surface area (TPSA) is 55.4 Å². The molecule has 0 aliphatic heterocycles. The number of alkyl halides is 3. The first kappa shape index (κ1) is 21.2. The molecule has 1 N–H and O–H groups in total. The van der Waals surface area contributed by atoms with Crippen LogP contribution in [-0.4, -0.2) is 22.1 Å². The highest BCUT2D eigenvalue weighted by Gasteiger charge is 2.49. The maximum absolute atomic E-state index is 13.6. The predicted octanol–water partition coefficient (Wildman–Crippen LogP) is 4.89. The van der Waals surface area contributed by atoms with Crippen molar-refractivity contribution in [2.75, 3.05) is 6.61 Å². The summed E-state index contributed by atoms with van der Waals surface area (Å²) >= 11 is 18.1. The van der Waals surface area contributed by atoms with Crippen molar-refractivity contribution in [3.8, 4) is 0 Å². The van der Waals surface area contributed by atoms with Crippen LogP contribution in [0.25, 0.3) is 0 Å². The molecular formula is C17H16Cl3FNO3P. The molecule has 2 atom stereocenters. The lowest BCUT2D eigenvalue weighted by Gasteiger charge is -2.32. The zero-order valence-electron chi connectivity index (χ0n) is 13.7. The first-order valence-electron chi connectivity index (χ1n) is 7.61. The third kappa shape index (κ3) is 4.99. The van der Waals surface area contributed by atoms with Crippen molar-refractivity contribution >= 4 is 53.4 Å². The highest BCUT2D eigenvalue weighted by molar-refractivity contribution is 7.68. The van der Waals surface area contributed by atoms with E-state index in [0.717, 1.165) is 12.1 Å². The van der Waals surface area contributed by atoms with Crippen LogP contribution in [0.15, 0.2) is 54.6 Å². The van der Waals surface area contributed by atoms with E-state index in [2.05, 4.69) is 5.32 Å². The van der Waals surface area contributed by atoms with E-state index in [0.29, 0.717) is 5.30 Å². The Morgan fingerprint density at radius 2 is 1.73 bits per heavy atom. The number of hydrogen-bond donors (Lipinski definition) is 1. The summed E-state index contributed by atoms with van der Waals surface area (Å²) in [7, 11) is -3.79. The Bertz CT molecular complexity index is 797. The third-order valence-electron chi connectivity index (χ3n) is 3.46. The van der Waals surface area contributed by atoms with Gasteiger partial charge in [0.1, 0.15) is 5.82 Å². The Kier molecular flexibility index (Phi) is 7.12. The second kappa shape index (κ2) is 8.73. The summed E-state index contributed by atoms with van der Waals surface area (Å²) in [5.74, 6) is -2.61. The monoisotopic (exact) mass is 437 g/mol. The fourth-order valence-electron chi connectivity index (χ4n) is 2.29. The van der Waals surface area contributed by atoms with Crippen LogP contribution >= 0.6 is 42.2 Å². The number of benzene rings is 2. The summed E-state index contributed by atoms with van der Waals surface area (Å²) in [5.41, 5.74) is 0.127. The van der Waals surface area contributed by atoms with E-state index in [1.807, 2.05) is 0 Å². The van der Waals surface area contributed by atoms with Crippen molar-refractivity contribution in [1.82, 2.24) is 5.32 Å². The summed E-state index contributed by atoms with van der Waals surface area (Å²) in [6, 6.07) is 13.0. The predicted molar refractivity (Wildman–Crippen MR) is 103 cm³/mol. The van der Waals surface area contributed by atoms with Gasteiger partial charge >= 0.3 is 0 Å². The highest BCUT2D eigenvalue weighted by Crippen LogP contribution is 2.57. The van der Waals surface area contributed by atoms with Crippen molar-refractivity contribution in [3.63, 3.8) is 0 Å². The van der Waals surface area contributed by atoms with Crippen LogP contribution in [0.2, 0.25) is 0 Å². The average Bonchev–Trinajstić information content (AvgIpc) is 2.60. The Labute approximate surface area is 166 Å². The van der Waals surface area contributed by atoms with Crippen molar-refractivity contribution < 1.29 is 18.3 Å². The molecule has 2 unspecified atom stereocenters. The minimum atomic E-state index is -3.79. The lowest BCUT2D eigenvalue weighted by Crippen LogP contribution is -2.46. The zero-order valence-corrected chi connectivity index (χ0v) is 16.8. The molecule has 0 saturated heterocycles. The maximum Gasteiger partial charge on any atom is 0.258 e. The molecule has 0 saturated carbocycles. The van der Waals surface area contributed by atoms with Crippen molar-refractivity contribution in [1.29, 1.82) is 0 Å². The van der Waals surface area contributed by atoms with Gasteiger partial charge in [0.15, 0.2) is 5.78 Å². The minimum Gasteiger partial charge on any atom is -0.336 e. The second-order valence-electron chi connectivity index (χ2n) is 5.27. The molecule has 0 aliphatic carbocycles. The van der Waals surface area contributed by atoms with Crippen molar-refractivity contribution in [2.24, 2.45) is 0 Å². The van der Waals surface area contributed by atoms with E-state index in [1.165, 1.54) is 12.1 Å². The molecule has 0 heterocycles.